The lowest BCUT2D eigenvalue weighted by atomic mass is 10.2. The van der Waals surface area contributed by atoms with E-state index in [-0.39, 0.29) is 0 Å². The monoisotopic (exact) mass is 397 g/mol. The van der Waals surface area contributed by atoms with E-state index in [4.69, 9.17) is 31.9 Å². The summed E-state index contributed by atoms with van der Waals surface area (Å²) in [4.78, 5) is 0. The molecule has 0 unspecified atom stereocenters. The molecule has 0 aliphatic rings. The summed E-state index contributed by atoms with van der Waals surface area (Å²) in [5.41, 5.74) is 1.30. The van der Waals surface area contributed by atoms with E-state index in [1.807, 2.05) is 20.8 Å². The lowest BCUT2D eigenvalue weighted by Crippen LogP contribution is -2.68. The van der Waals surface area contributed by atoms with Crippen molar-refractivity contribution in [2.24, 2.45) is 0 Å². The van der Waals surface area contributed by atoms with E-state index in [1.54, 1.807) is 0 Å². The normalized spacial score (nSPS) is 11.8. The molecule has 0 saturated carbocycles. The zero-order valence-corrected chi connectivity index (χ0v) is 17.0. The van der Waals surface area contributed by atoms with Crippen LogP contribution < -0.4 is 23.2 Å². The van der Waals surface area contributed by atoms with E-state index in [2.05, 4.69) is 36.0 Å². The quantitative estimate of drug-likeness (QED) is 0.325. The highest BCUT2D eigenvalue weighted by Gasteiger charge is 2.39. The number of pyridine rings is 1. The van der Waals surface area contributed by atoms with Gasteiger partial charge in [0.25, 0.3) is 0 Å². The van der Waals surface area contributed by atoms with Crippen LogP contribution in [0.4, 0.5) is 0 Å². The van der Waals surface area contributed by atoms with Gasteiger partial charge >= 0.3 is 8.80 Å². The van der Waals surface area contributed by atoms with Crippen LogP contribution >= 0.6 is 0 Å². The van der Waals surface area contributed by atoms with Crippen LogP contribution in [-0.4, -0.2) is 28.6 Å². The largest absolute Gasteiger partial charge is 0.501 e. The Labute approximate surface area is 152 Å². The summed E-state index contributed by atoms with van der Waals surface area (Å²) >= 11 is 0. The van der Waals surface area contributed by atoms with Gasteiger partial charge in [0.2, 0.25) is 0 Å². The Morgan fingerprint density at radius 3 is 1.60 bits per heavy atom. The molecule has 0 bridgehead atoms. The van der Waals surface area contributed by atoms with Crippen LogP contribution in [0.5, 0.6) is 0 Å². The summed E-state index contributed by atoms with van der Waals surface area (Å²) in [5, 5.41) is 0. The molecule has 1 heterocycles. The SMILES string of the molecule is CCO[Si](CCc1cc[n+](CC)cc1)(OCC)OCC.[O-][Cl+3]([O-])([O-])[O-]. The maximum atomic E-state index is 8.49. The molecular formula is C15H28ClNO7Si. The molecule has 146 valence electrons. The van der Waals surface area contributed by atoms with Crippen LogP contribution in [0.15, 0.2) is 24.5 Å². The minimum Gasteiger partial charge on any atom is -0.374 e. The Bertz CT molecular complexity index is 433. The zero-order chi connectivity index (χ0) is 19.3. The Morgan fingerprint density at radius 1 is 0.880 bits per heavy atom. The van der Waals surface area contributed by atoms with E-state index in [0.29, 0.717) is 19.8 Å². The van der Waals surface area contributed by atoms with E-state index in [9.17, 15) is 0 Å². The molecule has 10 heteroatoms. The van der Waals surface area contributed by atoms with Crippen LogP contribution in [0, 0.1) is 10.2 Å². The third kappa shape index (κ3) is 12.4. The molecule has 25 heavy (non-hydrogen) atoms. The standard InChI is InChI=1S/C15H28NO3Si.ClHO4/c1-5-16-12-9-15(10-13-16)11-14-20(17-6-2,18-7-3)19-8-4;2-1(3,4)5/h9-10,12-13H,5-8,11,14H2,1-4H3;(H,2,3,4,5)/q+1;/p-1. The number of aromatic nitrogens is 1. The Balaban J connectivity index is 0.00000101. The Morgan fingerprint density at radius 2 is 1.28 bits per heavy atom. The molecule has 0 N–H and O–H groups in total. The van der Waals surface area contributed by atoms with Gasteiger partial charge in [0.1, 0.15) is 6.54 Å². The molecular weight excluding hydrogens is 370 g/mol. The summed E-state index contributed by atoms with van der Waals surface area (Å²) in [6.07, 6.45) is 5.15. The zero-order valence-electron chi connectivity index (χ0n) is 15.2. The first kappa shape index (κ1) is 24.4. The maximum absolute atomic E-state index is 8.49. The fourth-order valence-corrected chi connectivity index (χ4v) is 4.76. The first-order valence-electron chi connectivity index (χ1n) is 8.21. The second-order valence-corrected chi connectivity index (χ2v) is 8.38. The maximum Gasteiger partial charge on any atom is 0.501 e. The van der Waals surface area contributed by atoms with Crippen molar-refractivity contribution in [3.05, 3.63) is 30.1 Å². The highest BCUT2D eigenvalue weighted by Crippen LogP contribution is 2.18. The van der Waals surface area contributed by atoms with Gasteiger partial charge < -0.3 is 13.3 Å². The van der Waals surface area contributed by atoms with Crippen molar-refractivity contribution in [1.29, 1.82) is 0 Å². The Kier molecular flexibility index (Phi) is 12.4. The summed E-state index contributed by atoms with van der Waals surface area (Å²) in [6.45, 7) is 11.0. The van der Waals surface area contributed by atoms with Crippen molar-refractivity contribution in [2.45, 2.75) is 46.7 Å². The highest BCUT2D eigenvalue weighted by molar-refractivity contribution is 6.60. The molecule has 0 aliphatic carbocycles. The molecule has 0 radical (unpaired) electrons. The summed E-state index contributed by atoms with van der Waals surface area (Å²) < 4.78 is 53.7. The molecule has 1 rings (SSSR count). The third-order valence-corrected chi connectivity index (χ3v) is 6.19. The van der Waals surface area contributed by atoms with Gasteiger partial charge in [-0.05, 0) is 39.7 Å². The lowest BCUT2D eigenvalue weighted by Gasteiger charge is -2.28. The predicted octanol–water partition coefficient (Wildman–Crippen LogP) is -2.17. The number of hydrogen-bond acceptors (Lipinski definition) is 7. The molecule has 1 aromatic heterocycles. The smallest absolute Gasteiger partial charge is 0.374 e. The van der Waals surface area contributed by atoms with Crippen LogP contribution in [0.1, 0.15) is 33.3 Å². The van der Waals surface area contributed by atoms with E-state index in [1.165, 1.54) is 5.56 Å². The van der Waals surface area contributed by atoms with Gasteiger partial charge in [0, 0.05) is 38.0 Å². The molecule has 0 amide bonds. The second-order valence-electron chi connectivity index (χ2n) is 4.90. The first-order chi connectivity index (χ1) is 11.7. The van der Waals surface area contributed by atoms with Gasteiger partial charge in [-0.2, -0.15) is 0 Å². The number of aryl methyl sites for hydroxylation is 2. The number of hydrogen-bond donors (Lipinski definition) is 0. The lowest BCUT2D eigenvalue weighted by molar-refractivity contribution is -2.00. The molecule has 8 nitrogen and oxygen atoms in total. The average Bonchev–Trinajstić information content (AvgIpc) is 2.53. The molecule has 0 atom stereocenters. The van der Waals surface area contributed by atoms with Crippen molar-refractivity contribution >= 4 is 8.80 Å². The van der Waals surface area contributed by atoms with Crippen LogP contribution in [-0.2, 0) is 26.2 Å². The molecule has 1 aromatic rings. The molecule has 0 fully saturated rings. The second kappa shape index (κ2) is 12.7. The van der Waals surface area contributed by atoms with E-state index >= 15 is 0 Å². The van der Waals surface area contributed by atoms with Crippen molar-refractivity contribution in [1.82, 2.24) is 0 Å². The van der Waals surface area contributed by atoms with Gasteiger partial charge in [0.05, 0.1) is 0 Å². The molecule has 0 aliphatic heterocycles. The predicted molar refractivity (Wildman–Crippen MR) is 81.5 cm³/mol. The third-order valence-electron chi connectivity index (χ3n) is 3.14. The summed E-state index contributed by atoms with van der Waals surface area (Å²) in [5.74, 6) is 0. The molecule has 0 spiro atoms. The van der Waals surface area contributed by atoms with Crippen molar-refractivity contribution in [3.8, 4) is 0 Å². The topological polar surface area (TPSA) is 124 Å². The summed E-state index contributed by atoms with van der Waals surface area (Å²) in [6, 6.07) is 5.15. The van der Waals surface area contributed by atoms with E-state index < -0.39 is 19.0 Å². The van der Waals surface area contributed by atoms with E-state index in [0.717, 1.165) is 19.0 Å². The van der Waals surface area contributed by atoms with Gasteiger partial charge in [-0.15, -0.1) is 10.2 Å². The van der Waals surface area contributed by atoms with Gasteiger partial charge in [0.15, 0.2) is 12.4 Å². The minimum absolute atomic E-state index is 0.636. The van der Waals surface area contributed by atoms with Crippen LogP contribution in [0.3, 0.4) is 0 Å². The van der Waals surface area contributed by atoms with Crippen molar-refractivity contribution in [2.75, 3.05) is 19.8 Å². The van der Waals surface area contributed by atoms with Crippen molar-refractivity contribution < 1.29 is 46.7 Å². The first-order valence-corrected chi connectivity index (χ1v) is 11.4. The number of nitrogens with zero attached hydrogens (tertiary/aromatic N) is 1. The fraction of sp³-hybridized carbons (Fsp3) is 0.667. The fourth-order valence-electron chi connectivity index (χ4n) is 2.16. The van der Waals surface area contributed by atoms with Crippen molar-refractivity contribution in [3.63, 3.8) is 0 Å². The Hall–Kier alpha value is -0.623. The molecule has 0 aromatic carbocycles. The molecule has 0 saturated heterocycles. The van der Waals surface area contributed by atoms with Crippen LogP contribution in [0.25, 0.3) is 0 Å². The number of rotatable bonds is 10. The number of halogens is 1. The van der Waals surface area contributed by atoms with Gasteiger partial charge in [-0.1, -0.05) is 0 Å². The minimum atomic E-state index is -4.94. The van der Waals surface area contributed by atoms with Crippen LogP contribution in [0.2, 0.25) is 6.04 Å². The highest BCUT2D eigenvalue weighted by atomic mass is 35.7. The average molecular weight is 398 g/mol. The summed E-state index contributed by atoms with van der Waals surface area (Å²) in [7, 11) is -7.45. The van der Waals surface area contributed by atoms with Gasteiger partial charge in [-0.3, -0.25) is 0 Å². The van der Waals surface area contributed by atoms with Gasteiger partial charge in [-0.25, -0.2) is 23.2 Å².